The summed E-state index contributed by atoms with van der Waals surface area (Å²) >= 11 is 7.72. The molecule has 0 fully saturated rings. The van der Waals surface area contributed by atoms with Gasteiger partial charge < -0.3 is 4.42 Å². The van der Waals surface area contributed by atoms with Crippen molar-refractivity contribution in [2.24, 2.45) is 0 Å². The van der Waals surface area contributed by atoms with E-state index in [4.69, 9.17) is 21.0 Å². The fraction of sp³-hybridized carbons (Fsp3) is 0.0800. The summed E-state index contributed by atoms with van der Waals surface area (Å²) in [5, 5.41) is 1.41. The number of benzene rings is 3. The average molecular weight is 461 g/mol. The first kappa shape index (κ1) is 20.4. The molecule has 0 aliphatic carbocycles. The van der Waals surface area contributed by atoms with Crippen molar-refractivity contribution in [3.8, 4) is 0 Å². The molecule has 32 heavy (non-hydrogen) atoms. The quantitative estimate of drug-likeness (QED) is 0.320. The van der Waals surface area contributed by atoms with Gasteiger partial charge in [-0.05, 0) is 36.2 Å². The Kier molecular flexibility index (Phi) is 5.25. The number of rotatable bonds is 4. The van der Waals surface area contributed by atoms with Crippen LogP contribution in [0.25, 0.3) is 21.2 Å². The number of carbonyl (C=O) groups is 1. The summed E-state index contributed by atoms with van der Waals surface area (Å²) in [7, 11) is 0. The van der Waals surface area contributed by atoms with Crippen LogP contribution in [-0.2, 0) is 6.54 Å². The van der Waals surface area contributed by atoms with Gasteiger partial charge in [0.15, 0.2) is 5.13 Å². The molecular weight excluding hydrogens is 444 g/mol. The van der Waals surface area contributed by atoms with Crippen LogP contribution >= 0.6 is 22.9 Å². The maximum absolute atomic E-state index is 13.7. The van der Waals surface area contributed by atoms with E-state index < -0.39 is 5.91 Å². The van der Waals surface area contributed by atoms with E-state index in [9.17, 15) is 9.59 Å². The zero-order valence-electron chi connectivity index (χ0n) is 17.0. The van der Waals surface area contributed by atoms with Gasteiger partial charge in [-0.15, -0.1) is 0 Å². The minimum atomic E-state index is -0.471. The average Bonchev–Trinajstić information content (AvgIpc) is 3.27. The number of nitrogens with zero attached hydrogens (tertiary/aromatic N) is 2. The zero-order chi connectivity index (χ0) is 22.2. The summed E-state index contributed by atoms with van der Waals surface area (Å²) in [6.45, 7) is 2.20. The minimum absolute atomic E-state index is 0.0401. The van der Waals surface area contributed by atoms with Crippen molar-refractivity contribution in [2.45, 2.75) is 13.5 Å². The molecule has 5 rings (SSSR count). The molecule has 0 saturated heterocycles. The van der Waals surface area contributed by atoms with Crippen molar-refractivity contribution in [1.82, 2.24) is 4.98 Å². The second kappa shape index (κ2) is 8.22. The number of halogens is 1. The highest BCUT2D eigenvalue weighted by molar-refractivity contribution is 7.23. The van der Waals surface area contributed by atoms with Crippen LogP contribution in [0.2, 0.25) is 5.02 Å². The molecule has 1 amide bonds. The van der Waals surface area contributed by atoms with Gasteiger partial charge in [0.25, 0.3) is 5.91 Å². The molecule has 158 valence electrons. The van der Waals surface area contributed by atoms with Crippen LogP contribution in [-0.4, -0.2) is 10.9 Å². The molecule has 0 atom stereocenters. The molecule has 0 bridgehead atoms. The van der Waals surface area contributed by atoms with Crippen LogP contribution in [0, 0.1) is 6.92 Å². The molecule has 0 spiro atoms. The lowest BCUT2D eigenvalue weighted by Crippen LogP contribution is -2.33. The van der Waals surface area contributed by atoms with Gasteiger partial charge in [-0.1, -0.05) is 71.5 Å². The van der Waals surface area contributed by atoms with Gasteiger partial charge in [0.2, 0.25) is 5.43 Å². The summed E-state index contributed by atoms with van der Waals surface area (Å²) in [5.74, 6) is -0.471. The van der Waals surface area contributed by atoms with Crippen LogP contribution in [0.3, 0.4) is 0 Å². The molecule has 0 radical (unpaired) electrons. The van der Waals surface area contributed by atoms with E-state index in [1.165, 1.54) is 22.5 Å². The number of aromatic nitrogens is 1. The van der Waals surface area contributed by atoms with Crippen molar-refractivity contribution in [1.29, 1.82) is 0 Å². The number of carbonyl (C=O) groups excluding carboxylic acids is 1. The highest BCUT2D eigenvalue weighted by Gasteiger charge is 2.26. The zero-order valence-corrected chi connectivity index (χ0v) is 18.6. The highest BCUT2D eigenvalue weighted by Crippen LogP contribution is 2.36. The largest absolute Gasteiger partial charge is 0.463 e. The second-order valence-electron chi connectivity index (χ2n) is 7.39. The van der Waals surface area contributed by atoms with Crippen LogP contribution in [0.5, 0.6) is 0 Å². The van der Waals surface area contributed by atoms with Gasteiger partial charge in [-0.2, -0.15) is 0 Å². The fourth-order valence-electron chi connectivity index (χ4n) is 3.57. The summed E-state index contributed by atoms with van der Waals surface area (Å²) in [6.07, 6.45) is 1.23. The van der Waals surface area contributed by atoms with E-state index in [2.05, 4.69) is 0 Å². The molecule has 0 aliphatic rings. The summed E-state index contributed by atoms with van der Waals surface area (Å²) < 4.78 is 6.40. The van der Waals surface area contributed by atoms with Crippen LogP contribution in [0.15, 0.2) is 82.2 Å². The molecule has 0 saturated carbocycles. The van der Waals surface area contributed by atoms with E-state index in [1.807, 2.05) is 49.4 Å². The predicted octanol–water partition coefficient (Wildman–Crippen LogP) is 6.21. The van der Waals surface area contributed by atoms with Gasteiger partial charge in [-0.25, -0.2) is 4.98 Å². The Hall–Kier alpha value is -3.48. The molecule has 5 nitrogen and oxygen atoms in total. The van der Waals surface area contributed by atoms with Crippen LogP contribution in [0.4, 0.5) is 5.13 Å². The van der Waals surface area contributed by atoms with Gasteiger partial charge in [0, 0.05) is 0 Å². The van der Waals surface area contributed by atoms with Crippen LogP contribution in [0.1, 0.15) is 21.5 Å². The number of amides is 1. The molecule has 5 aromatic rings. The maximum Gasteiger partial charge on any atom is 0.267 e. The Balaban J connectivity index is 1.66. The smallest absolute Gasteiger partial charge is 0.267 e. The van der Waals surface area contributed by atoms with Crippen LogP contribution < -0.4 is 10.3 Å². The number of anilines is 1. The first-order chi connectivity index (χ1) is 15.5. The number of para-hydroxylation sites is 1. The molecular formula is C25H17ClN2O3S. The fourth-order valence-corrected chi connectivity index (χ4v) is 4.88. The third-order valence-electron chi connectivity index (χ3n) is 5.26. The number of hydrogen-bond acceptors (Lipinski definition) is 5. The lowest BCUT2D eigenvalue weighted by Gasteiger charge is -2.19. The monoisotopic (exact) mass is 460 g/mol. The van der Waals surface area contributed by atoms with Gasteiger partial charge >= 0.3 is 0 Å². The SMILES string of the molecule is Cc1ccc(Cl)c2sc(N(Cc3ccccc3)C(=O)c3coc4ccccc4c3=O)nc12. The topological polar surface area (TPSA) is 63.4 Å². The van der Waals surface area contributed by atoms with Crippen molar-refractivity contribution in [2.75, 3.05) is 4.90 Å². The Morgan fingerprint density at radius 2 is 1.81 bits per heavy atom. The lowest BCUT2D eigenvalue weighted by molar-refractivity contribution is 0.0982. The Morgan fingerprint density at radius 1 is 1.06 bits per heavy atom. The highest BCUT2D eigenvalue weighted by atomic mass is 35.5. The van der Waals surface area contributed by atoms with Crippen molar-refractivity contribution < 1.29 is 9.21 Å². The van der Waals surface area contributed by atoms with E-state index in [-0.39, 0.29) is 17.5 Å². The Labute approximate surface area is 192 Å². The van der Waals surface area contributed by atoms with Gasteiger partial charge in [0.05, 0.1) is 27.2 Å². The van der Waals surface area contributed by atoms with E-state index in [0.29, 0.717) is 21.1 Å². The third-order valence-corrected chi connectivity index (χ3v) is 6.79. The first-order valence-electron chi connectivity index (χ1n) is 9.95. The summed E-state index contributed by atoms with van der Waals surface area (Å²) in [6, 6.07) is 20.2. The van der Waals surface area contributed by atoms with E-state index >= 15 is 0 Å². The van der Waals surface area contributed by atoms with Crippen molar-refractivity contribution in [3.63, 3.8) is 0 Å². The van der Waals surface area contributed by atoms with Gasteiger partial charge in [0.1, 0.15) is 17.4 Å². The lowest BCUT2D eigenvalue weighted by atomic mass is 10.1. The first-order valence-corrected chi connectivity index (χ1v) is 11.1. The number of aryl methyl sites for hydroxylation is 1. The maximum atomic E-state index is 13.7. The number of hydrogen-bond donors (Lipinski definition) is 0. The minimum Gasteiger partial charge on any atom is -0.463 e. The molecule has 0 aliphatic heterocycles. The van der Waals surface area contributed by atoms with E-state index in [0.717, 1.165) is 21.3 Å². The number of thiazole rings is 1. The third kappa shape index (κ3) is 3.57. The summed E-state index contributed by atoms with van der Waals surface area (Å²) in [5.41, 5.74) is 2.64. The molecule has 2 aromatic heterocycles. The summed E-state index contributed by atoms with van der Waals surface area (Å²) in [4.78, 5) is 33.0. The molecule has 3 aromatic carbocycles. The van der Waals surface area contributed by atoms with Gasteiger partial charge in [-0.3, -0.25) is 14.5 Å². The molecule has 7 heteroatoms. The molecule has 2 heterocycles. The predicted molar refractivity (Wildman–Crippen MR) is 129 cm³/mol. The number of fused-ring (bicyclic) bond motifs is 2. The van der Waals surface area contributed by atoms with Crippen molar-refractivity contribution >= 4 is 55.2 Å². The standard InChI is InChI=1S/C25H17ClN2O3S/c1-15-11-12-19(26)23-21(15)27-25(32-23)28(13-16-7-3-2-4-8-16)24(30)18-14-31-20-10-6-5-9-17(20)22(18)29/h2-12,14H,13H2,1H3. The molecule has 0 unspecified atom stereocenters. The van der Waals surface area contributed by atoms with Crippen molar-refractivity contribution in [3.05, 3.63) is 105 Å². The molecule has 0 N–H and O–H groups in total. The Bertz CT molecular complexity index is 1490. The Morgan fingerprint density at radius 3 is 2.59 bits per heavy atom. The second-order valence-corrected chi connectivity index (χ2v) is 8.77. The normalized spacial score (nSPS) is 11.2. The van der Waals surface area contributed by atoms with E-state index in [1.54, 1.807) is 24.3 Å².